The zero-order valence-electron chi connectivity index (χ0n) is 20.6. The molecular formula is C26H40F2N4. The van der Waals surface area contributed by atoms with E-state index in [2.05, 4.69) is 13.8 Å². The molecule has 1 heterocycles. The molecule has 0 radical (unpaired) electrons. The number of rotatable bonds is 5. The highest BCUT2D eigenvalue weighted by atomic mass is 19.1. The van der Waals surface area contributed by atoms with E-state index in [0.717, 1.165) is 12.0 Å². The minimum Gasteiger partial charge on any atom is -0.397 e. The zero-order valence-corrected chi connectivity index (χ0v) is 20.6. The van der Waals surface area contributed by atoms with Crippen molar-refractivity contribution in [2.45, 2.75) is 67.0 Å². The topological polar surface area (TPSA) is 58.5 Å². The molecule has 2 aromatic rings. The smallest absolute Gasteiger partial charge is 0.151 e. The SMILES string of the molecule is CC.CC1CC(C)CN(c2c(F)cc(N(C(C)C)[C@H](C)c3ccc(N)c(N)c3)cc2F)C1. The number of hydrogen-bond donors (Lipinski definition) is 2. The lowest BCUT2D eigenvalue weighted by Gasteiger charge is -2.38. The first-order valence-electron chi connectivity index (χ1n) is 11.8. The Kier molecular flexibility index (Phi) is 8.76. The molecule has 2 unspecified atom stereocenters. The standard InChI is InChI=1S/C24H34F2N4.C2H6/c1-14(2)30(17(5)18-6-7-22(27)23(28)9-18)19-10-20(25)24(21(26)11-19)29-12-15(3)8-16(4)13-29;1-2/h6-7,9-11,14-17H,8,12-13,27-28H2,1-5H3;1-2H3/t15?,16?,17-;/m1./s1. The van der Waals surface area contributed by atoms with E-state index in [1.807, 2.05) is 56.6 Å². The lowest BCUT2D eigenvalue weighted by molar-refractivity contribution is 0.352. The van der Waals surface area contributed by atoms with Crippen LogP contribution >= 0.6 is 0 Å². The maximum Gasteiger partial charge on any atom is 0.151 e. The van der Waals surface area contributed by atoms with Gasteiger partial charge in [-0.1, -0.05) is 33.8 Å². The van der Waals surface area contributed by atoms with Gasteiger partial charge in [-0.2, -0.15) is 0 Å². The molecule has 0 saturated carbocycles. The summed E-state index contributed by atoms with van der Waals surface area (Å²) in [5, 5.41) is 0. The third-order valence-electron chi connectivity index (χ3n) is 6.05. The van der Waals surface area contributed by atoms with Crippen LogP contribution in [0.2, 0.25) is 0 Å². The molecule has 1 saturated heterocycles. The van der Waals surface area contributed by atoms with Gasteiger partial charge in [0.15, 0.2) is 11.6 Å². The van der Waals surface area contributed by atoms with Gasteiger partial charge in [0, 0.05) is 24.8 Å². The lowest BCUT2D eigenvalue weighted by Crippen LogP contribution is -2.40. The van der Waals surface area contributed by atoms with Crippen LogP contribution in [0.3, 0.4) is 0 Å². The van der Waals surface area contributed by atoms with Gasteiger partial charge in [0.25, 0.3) is 0 Å². The van der Waals surface area contributed by atoms with Gasteiger partial charge < -0.3 is 21.3 Å². The minimum absolute atomic E-state index is 0.0264. The first-order chi connectivity index (χ1) is 15.1. The van der Waals surface area contributed by atoms with E-state index >= 15 is 8.78 Å². The van der Waals surface area contributed by atoms with E-state index in [0.29, 0.717) is 42.0 Å². The highest BCUT2D eigenvalue weighted by Gasteiger charge is 2.28. The first kappa shape index (κ1) is 25.8. The first-order valence-corrected chi connectivity index (χ1v) is 11.8. The zero-order chi connectivity index (χ0) is 24.2. The van der Waals surface area contributed by atoms with Gasteiger partial charge in [-0.25, -0.2) is 8.78 Å². The molecule has 0 bridgehead atoms. The average molecular weight is 447 g/mol. The molecular weight excluding hydrogens is 406 g/mol. The van der Waals surface area contributed by atoms with Gasteiger partial charge >= 0.3 is 0 Å². The van der Waals surface area contributed by atoms with Crippen molar-refractivity contribution in [3.8, 4) is 0 Å². The summed E-state index contributed by atoms with van der Waals surface area (Å²) in [6.07, 6.45) is 1.08. The van der Waals surface area contributed by atoms with Crippen LogP contribution in [0.4, 0.5) is 31.5 Å². The Labute approximate surface area is 192 Å². The number of hydrogen-bond acceptors (Lipinski definition) is 4. The van der Waals surface area contributed by atoms with Crippen LogP contribution in [0.5, 0.6) is 0 Å². The van der Waals surface area contributed by atoms with Crippen molar-refractivity contribution in [3.63, 3.8) is 0 Å². The Morgan fingerprint density at radius 1 is 0.906 bits per heavy atom. The van der Waals surface area contributed by atoms with Crippen molar-refractivity contribution < 1.29 is 8.78 Å². The second kappa shape index (κ2) is 10.9. The van der Waals surface area contributed by atoms with Crippen molar-refractivity contribution in [2.24, 2.45) is 11.8 Å². The molecule has 0 aromatic heterocycles. The van der Waals surface area contributed by atoms with Crippen LogP contribution in [0.25, 0.3) is 0 Å². The molecule has 0 aliphatic carbocycles. The fourth-order valence-electron chi connectivity index (χ4n) is 4.83. The summed E-state index contributed by atoms with van der Waals surface area (Å²) < 4.78 is 30.4. The Hall–Kier alpha value is -2.50. The van der Waals surface area contributed by atoms with Crippen molar-refractivity contribution >= 4 is 22.7 Å². The molecule has 32 heavy (non-hydrogen) atoms. The molecule has 0 spiro atoms. The molecule has 1 fully saturated rings. The fourth-order valence-corrected chi connectivity index (χ4v) is 4.83. The van der Waals surface area contributed by atoms with Crippen molar-refractivity contribution in [1.82, 2.24) is 0 Å². The largest absolute Gasteiger partial charge is 0.397 e. The monoisotopic (exact) mass is 446 g/mol. The second-order valence-corrected chi connectivity index (χ2v) is 9.17. The van der Waals surface area contributed by atoms with Gasteiger partial charge in [0.2, 0.25) is 0 Å². The van der Waals surface area contributed by atoms with Crippen LogP contribution in [0, 0.1) is 23.5 Å². The van der Waals surface area contributed by atoms with Crippen LogP contribution in [-0.4, -0.2) is 19.1 Å². The summed E-state index contributed by atoms with van der Waals surface area (Å²) >= 11 is 0. The van der Waals surface area contributed by atoms with Crippen LogP contribution in [0.1, 0.15) is 66.5 Å². The van der Waals surface area contributed by atoms with Crippen molar-refractivity contribution in [2.75, 3.05) is 34.4 Å². The Balaban J connectivity index is 0.00000176. The highest BCUT2D eigenvalue weighted by molar-refractivity contribution is 5.65. The Morgan fingerprint density at radius 3 is 1.91 bits per heavy atom. The minimum atomic E-state index is -0.513. The molecule has 3 rings (SSSR count). The molecule has 4 nitrogen and oxygen atoms in total. The predicted molar refractivity (Wildman–Crippen MR) is 134 cm³/mol. The Morgan fingerprint density at radius 2 is 1.44 bits per heavy atom. The van der Waals surface area contributed by atoms with E-state index in [-0.39, 0.29) is 17.8 Å². The number of benzene rings is 2. The third-order valence-corrected chi connectivity index (χ3v) is 6.05. The molecule has 4 N–H and O–H groups in total. The Bertz CT molecular complexity index is 866. The van der Waals surface area contributed by atoms with Crippen LogP contribution in [-0.2, 0) is 0 Å². The number of piperidine rings is 1. The predicted octanol–water partition coefficient (Wildman–Crippen LogP) is 6.61. The van der Waals surface area contributed by atoms with Crippen LogP contribution < -0.4 is 21.3 Å². The molecule has 6 heteroatoms. The molecule has 1 aliphatic heterocycles. The second-order valence-electron chi connectivity index (χ2n) is 9.17. The number of nitrogens with two attached hydrogens (primary N) is 2. The summed E-state index contributed by atoms with van der Waals surface area (Å²) in [5.41, 5.74) is 14.4. The molecule has 1 aliphatic rings. The van der Waals surface area contributed by atoms with E-state index in [1.54, 1.807) is 6.07 Å². The number of nitrogens with zero attached hydrogens (tertiary/aromatic N) is 2. The quantitative estimate of drug-likeness (QED) is 0.507. The van der Waals surface area contributed by atoms with Crippen LogP contribution in [0.15, 0.2) is 30.3 Å². The number of halogens is 2. The third kappa shape index (κ3) is 5.64. The van der Waals surface area contributed by atoms with Gasteiger partial charge in [0.05, 0.1) is 17.4 Å². The summed E-state index contributed by atoms with van der Waals surface area (Å²) in [7, 11) is 0. The van der Waals surface area contributed by atoms with E-state index in [1.165, 1.54) is 12.1 Å². The molecule has 3 atom stereocenters. The van der Waals surface area contributed by atoms with Gasteiger partial charge in [-0.3, -0.25) is 0 Å². The van der Waals surface area contributed by atoms with E-state index in [4.69, 9.17) is 11.5 Å². The van der Waals surface area contributed by atoms with Crippen molar-refractivity contribution in [3.05, 3.63) is 47.5 Å². The average Bonchev–Trinajstić information content (AvgIpc) is 2.70. The number of nitrogen functional groups attached to an aromatic ring is 2. The van der Waals surface area contributed by atoms with Gasteiger partial charge in [-0.15, -0.1) is 0 Å². The maximum atomic E-state index is 15.2. The summed E-state index contributed by atoms with van der Waals surface area (Å²) in [6.45, 7) is 15.6. The van der Waals surface area contributed by atoms with Gasteiger partial charge in [0.1, 0.15) is 5.69 Å². The lowest BCUT2D eigenvalue weighted by atomic mass is 9.91. The summed E-state index contributed by atoms with van der Waals surface area (Å²) in [5.74, 6) is -0.201. The normalized spacial score (nSPS) is 19.4. The van der Waals surface area contributed by atoms with E-state index < -0.39 is 11.6 Å². The van der Waals surface area contributed by atoms with Crippen molar-refractivity contribution in [1.29, 1.82) is 0 Å². The van der Waals surface area contributed by atoms with E-state index in [9.17, 15) is 0 Å². The molecule has 0 amide bonds. The summed E-state index contributed by atoms with van der Waals surface area (Å²) in [4.78, 5) is 3.86. The highest BCUT2D eigenvalue weighted by Crippen LogP contribution is 2.37. The maximum absolute atomic E-state index is 15.2. The molecule has 2 aromatic carbocycles. The summed E-state index contributed by atoms with van der Waals surface area (Å²) in [6, 6.07) is 8.31. The van der Waals surface area contributed by atoms with Gasteiger partial charge in [-0.05, 0) is 68.9 Å². The fraction of sp³-hybridized carbons (Fsp3) is 0.538. The molecule has 178 valence electrons. The number of anilines is 4.